The molecule has 0 unspecified atom stereocenters. The molecule has 2 aromatic rings. The molecule has 0 saturated heterocycles. The third-order valence-electron chi connectivity index (χ3n) is 2.39. The van der Waals surface area contributed by atoms with Gasteiger partial charge in [-0.25, -0.2) is 0 Å². The van der Waals surface area contributed by atoms with Crippen molar-refractivity contribution in [1.82, 2.24) is 0 Å². The Labute approximate surface area is 93.7 Å². The number of carbonyl (C=O) groups excluding carboxylic acids is 1. The minimum atomic E-state index is 0.0236. The molecule has 2 rings (SSSR count). The maximum atomic E-state index is 11.3. The topological polar surface area (TPSA) is 39.4 Å². The molecule has 0 radical (unpaired) electrons. The van der Waals surface area contributed by atoms with Gasteiger partial charge in [0.1, 0.15) is 11.5 Å². The number of benzene rings is 1. The highest BCUT2D eigenvalue weighted by Gasteiger charge is 2.10. The smallest absolute Gasteiger partial charge is 0.159 e. The number of hydrogen-bond acceptors (Lipinski definition) is 3. The molecule has 82 valence electrons. The summed E-state index contributed by atoms with van der Waals surface area (Å²) in [5.74, 6) is 1.41. The SMILES string of the molecule is COc1ccc(C(C)=O)cc1-c1ccco1. The largest absolute Gasteiger partial charge is 0.496 e. The van der Waals surface area contributed by atoms with Crippen molar-refractivity contribution in [2.45, 2.75) is 6.92 Å². The maximum absolute atomic E-state index is 11.3. The van der Waals surface area contributed by atoms with E-state index in [0.29, 0.717) is 17.1 Å². The lowest BCUT2D eigenvalue weighted by molar-refractivity contribution is 0.101. The van der Waals surface area contributed by atoms with E-state index in [9.17, 15) is 4.79 Å². The van der Waals surface area contributed by atoms with Gasteiger partial charge in [-0.3, -0.25) is 4.79 Å². The quantitative estimate of drug-likeness (QED) is 0.740. The Kier molecular flexibility index (Phi) is 2.77. The van der Waals surface area contributed by atoms with Crippen LogP contribution in [0.5, 0.6) is 5.75 Å². The van der Waals surface area contributed by atoms with Gasteiger partial charge in [0.2, 0.25) is 0 Å². The first kappa shape index (κ1) is 10.5. The average Bonchev–Trinajstić information content (AvgIpc) is 2.81. The molecule has 1 aromatic heterocycles. The summed E-state index contributed by atoms with van der Waals surface area (Å²) < 4.78 is 10.5. The molecular formula is C13H12O3. The summed E-state index contributed by atoms with van der Waals surface area (Å²) >= 11 is 0. The lowest BCUT2D eigenvalue weighted by atomic mass is 10.1. The molecule has 0 saturated carbocycles. The van der Waals surface area contributed by atoms with Crippen molar-refractivity contribution in [3.8, 4) is 17.1 Å². The van der Waals surface area contributed by atoms with Gasteiger partial charge in [-0.15, -0.1) is 0 Å². The molecular weight excluding hydrogens is 204 g/mol. The fourth-order valence-corrected chi connectivity index (χ4v) is 1.55. The normalized spacial score (nSPS) is 10.1. The molecule has 0 fully saturated rings. The van der Waals surface area contributed by atoms with Crippen LogP contribution in [0.2, 0.25) is 0 Å². The number of furan rings is 1. The standard InChI is InChI=1S/C13H12O3/c1-9(14)10-5-6-12(15-2)11(8-10)13-4-3-7-16-13/h3-8H,1-2H3. The van der Waals surface area contributed by atoms with E-state index in [1.807, 2.05) is 6.07 Å². The van der Waals surface area contributed by atoms with Gasteiger partial charge in [0.05, 0.1) is 18.9 Å². The second kappa shape index (κ2) is 4.23. The second-order valence-electron chi connectivity index (χ2n) is 3.45. The molecule has 1 aromatic carbocycles. The first-order valence-electron chi connectivity index (χ1n) is 4.95. The molecule has 0 aliphatic heterocycles. The zero-order valence-electron chi connectivity index (χ0n) is 9.19. The van der Waals surface area contributed by atoms with Gasteiger partial charge in [-0.1, -0.05) is 0 Å². The third-order valence-corrected chi connectivity index (χ3v) is 2.39. The molecule has 0 bridgehead atoms. The minimum absolute atomic E-state index is 0.0236. The van der Waals surface area contributed by atoms with Crippen LogP contribution in [0.15, 0.2) is 41.0 Å². The lowest BCUT2D eigenvalue weighted by Crippen LogP contribution is -1.94. The van der Waals surface area contributed by atoms with Gasteiger partial charge >= 0.3 is 0 Å². The van der Waals surface area contributed by atoms with Crippen LogP contribution >= 0.6 is 0 Å². The summed E-state index contributed by atoms with van der Waals surface area (Å²) in [7, 11) is 1.59. The fraction of sp³-hybridized carbons (Fsp3) is 0.154. The van der Waals surface area contributed by atoms with Crippen molar-refractivity contribution in [2.24, 2.45) is 0 Å². The van der Waals surface area contributed by atoms with Crippen LogP contribution in [-0.4, -0.2) is 12.9 Å². The zero-order valence-corrected chi connectivity index (χ0v) is 9.19. The van der Waals surface area contributed by atoms with E-state index in [1.54, 1.807) is 37.6 Å². The summed E-state index contributed by atoms with van der Waals surface area (Å²) in [6, 6.07) is 8.93. The molecule has 3 nitrogen and oxygen atoms in total. The predicted molar refractivity (Wildman–Crippen MR) is 60.7 cm³/mol. The first-order valence-corrected chi connectivity index (χ1v) is 4.95. The number of Topliss-reactive ketones (excluding diaryl/α,β-unsaturated/α-hetero) is 1. The van der Waals surface area contributed by atoms with Crippen molar-refractivity contribution in [1.29, 1.82) is 0 Å². The monoisotopic (exact) mass is 216 g/mol. The fourth-order valence-electron chi connectivity index (χ4n) is 1.55. The van der Waals surface area contributed by atoms with E-state index in [1.165, 1.54) is 6.92 Å². The van der Waals surface area contributed by atoms with Crippen LogP contribution in [0.4, 0.5) is 0 Å². The number of ether oxygens (including phenoxy) is 1. The van der Waals surface area contributed by atoms with Crippen molar-refractivity contribution in [3.63, 3.8) is 0 Å². The van der Waals surface area contributed by atoms with E-state index in [2.05, 4.69) is 0 Å². The Morgan fingerprint density at radius 1 is 1.31 bits per heavy atom. The van der Waals surface area contributed by atoms with Crippen LogP contribution in [0.25, 0.3) is 11.3 Å². The van der Waals surface area contributed by atoms with Crippen LogP contribution < -0.4 is 4.74 Å². The molecule has 1 heterocycles. The molecule has 0 amide bonds. The second-order valence-corrected chi connectivity index (χ2v) is 3.45. The van der Waals surface area contributed by atoms with Gasteiger partial charge in [0, 0.05) is 5.56 Å². The minimum Gasteiger partial charge on any atom is -0.496 e. The average molecular weight is 216 g/mol. The van der Waals surface area contributed by atoms with Gasteiger partial charge in [0.15, 0.2) is 5.78 Å². The van der Waals surface area contributed by atoms with Gasteiger partial charge in [0.25, 0.3) is 0 Å². The van der Waals surface area contributed by atoms with Crippen molar-refractivity contribution in [2.75, 3.05) is 7.11 Å². The van der Waals surface area contributed by atoms with Crippen LogP contribution in [0, 0.1) is 0 Å². The highest BCUT2D eigenvalue weighted by molar-refractivity contribution is 5.95. The van der Waals surface area contributed by atoms with E-state index in [4.69, 9.17) is 9.15 Å². The molecule has 0 aliphatic rings. The lowest BCUT2D eigenvalue weighted by Gasteiger charge is -2.07. The summed E-state index contributed by atoms with van der Waals surface area (Å²) in [6.45, 7) is 1.54. The molecule has 0 aliphatic carbocycles. The Hall–Kier alpha value is -2.03. The van der Waals surface area contributed by atoms with Crippen molar-refractivity contribution in [3.05, 3.63) is 42.2 Å². The zero-order chi connectivity index (χ0) is 11.5. The molecule has 0 N–H and O–H groups in total. The summed E-state index contributed by atoms with van der Waals surface area (Å²) in [6.07, 6.45) is 1.59. The summed E-state index contributed by atoms with van der Waals surface area (Å²) in [5, 5.41) is 0. The van der Waals surface area contributed by atoms with Crippen LogP contribution in [0.3, 0.4) is 0 Å². The van der Waals surface area contributed by atoms with E-state index in [0.717, 1.165) is 5.56 Å². The first-order chi connectivity index (χ1) is 7.72. The molecule has 16 heavy (non-hydrogen) atoms. The Morgan fingerprint density at radius 2 is 2.12 bits per heavy atom. The summed E-state index contributed by atoms with van der Waals surface area (Å²) in [4.78, 5) is 11.3. The van der Waals surface area contributed by atoms with Crippen LogP contribution in [0.1, 0.15) is 17.3 Å². The molecule has 0 spiro atoms. The number of ketones is 1. The van der Waals surface area contributed by atoms with Gasteiger partial charge in [-0.05, 0) is 37.3 Å². The summed E-state index contributed by atoms with van der Waals surface area (Å²) in [5.41, 5.74) is 1.44. The Balaban J connectivity index is 2.56. The van der Waals surface area contributed by atoms with E-state index in [-0.39, 0.29) is 5.78 Å². The Bertz CT molecular complexity index is 498. The number of carbonyl (C=O) groups is 1. The maximum Gasteiger partial charge on any atom is 0.159 e. The van der Waals surface area contributed by atoms with Crippen LogP contribution in [-0.2, 0) is 0 Å². The Morgan fingerprint density at radius 3 is 2.69 bits per heavy atom. The molecule has 3 heteroatoms. The number of rotatable bonds is 3. The van der Waals surface area contributed by atoms with Gasteiger partial charge < -0.3 is 9.15 Å². The highest BCUT2D eigenvalue weighted by atomic mass is 16.5. The highest BCUT2D eigenvalue weighted by Crippen LogP contribution is 2.31. The number of methoxy groups -OCH3 is 1. The number of hydrogen-bond donors (Lipinski definition) is 0. The van der Waals surface area contributed by atoms with Crippen molar-refractivity contribution < 1.29 is 13.9 Å². The van der Waals surface area contributed by atoms with E-state index < -0.39 is 0 Å². The predicted octanol–water partition coefficient (Wildman–Crippen LogP) is 3.16. The third kappa shape index (κ3) is 1.84. The van der Waals surface area contributed by atoms with E-state index >= 15 is 0 Å². The molecule has 0 atom stereocenters. The van der Waals surface area contributed by atoms with Gasteiger partial charge in [-0.2, -0.15) is 0 Å². The van der Waals surface area contributed by atoms with Crippen molar-refractivity contribution >= 4 is 5.78 Å².